The molecule has 0 saturated heterocycles. The van der Waals surface area contributed by atoms with Crippen molar-refractivity contribution in [1.29, 1.82) is 0 Å². The molecule has 0 spiro atoms. The lowest BCUT2D eigenvalue weighted by Gasteiger charge is -2.20. The molecule has 0 atom stereocenters. The standard InChI is InChI=1S/C24H18N4O3S2/c25-18-5-7-20(32-18)27-23(30)13-3-4-16-15(10-13)9-12-1-2-14(11-17(12)22(16)29)24(31)28-21-8-6-19(26)33-21/h1-8,10-11H,9,25-26H2,(H,27,30)(H,28,31). The molecule has 2 heterocycles. The van der Waals surface area contributed by atoms with Gasteiger partial charge in [0, 0.05) is 22.3 Å². The van der Waals surface area contributed by atoms with E-state index in [9.17, 15) is 14.4 Å². The number of benzene rings is 2. The molecule has 164 valence electrons. The summed E-state index contributed by atoms with van der Waals surface area (Å²) in [5.41, 5.74) is 14.9. The molecule has 0 bridgehead atoms. The van der Waals surface area contributed by atoms with E-state index in [0.717, 1.165) is 11.1 Å². The Balaban J connectivity index is 1.37. The van der Waals surface area contributed by atoms with Crippen molar-refractivity contribution in [3.63, 3.8) is 0 Å². The Bertz CT molecular complexity index is 1440. The molecule has 7 nitrogen and oxygen atoms in total. The fraction of sp³-hybridized carbons (Fsp3) is 0.0417. The van der Waals surface area contributed by atoms with Crippen LogP contribution in [0.2, 0.25) is 0 Å². The van der Waals surface area contributed by atoms with Crippen molar-refractivity contribution in [3.05, 3.63) is 94.0 Å². The van der Waals surface area contributed by atoms with Crippen molar-refractivity contribution in [2.45, 2.75) is 6.42 Å². The van der Waals surface area contributed by atoms with E-state index in [1.165, 1.54) is 22.7 Å². The second-order valence-electron chi connectivity index (χ2n) is 7.56. The first-order valence-electron chi connectivity index (χ1n) is 10.0. The Hall–Kier alpha value is -3.95. The molecule has 1 aliphatic rings. The third-order valence-corrected chi connectivity index (χ3v) is 7.00. The predicted molar refractivity (Wildman–Crippen MR) is 132 cm³/mol. The van der Waals surface area contributed by atoms with Crippen LogP contribution in [-0.2, 0) is 6.42 Å². The van der Waals surface area contributed by atoms with Gasteiger partial charge in [0.25, 0.3) is 11.8 Å². The zero-order chi connectivity index (χ0) is 23.1. The summed E-state index contributed by atoms with van der Waals surface area (Å²) in [7, 11) is 0. The van der Waals surface area contributed by atoms with Crippen LogP contribution in [0.25, 0.3) is 0 Å². The normalized spacial score (nSPS) is 12.1. The first kappa shape index (κ1) is 20.9. The van der Waals surface area contributed by atoms with Gasteiger partial charge in [0.2, 0.25) is 0 Å². The number of hydrogen-bond donors (Lipinski definition) is 4. The van der Waals surface area contributed by atoms with Crippen LogP contribution in [-0.4, -0.2) is 17.6 Å². The molecule has 2 amide bonds. The Morgan fingerprint density at radius 3 is 1.85 bits per heavy atom. The maximum atomic E-state index is 13.2. The molecule has 5 rings (SSSR count). The SMILES string of the molecule is Nc1ccc(NC(=O)c2ccc3c(c2)Cc2ccc(C(=O)Nc4ccc(N)s4)cc2C3=O)s1. The van der Waals surface area contributed by atoms with E-state index in [1.54, 1.807) is 60.7 Å². The summed E-state index contributed by atoms with van der Waals surface area (Å²) in [6, 6.07) is 17.1. The van der Waals surface area contributed by atoms with E-state index in [1.807, 2.05) is 0 Å². The predicted octanol–water partition coefficient (Wildman–Crippen LogP) is 4.61. The van der Waals surface area contributed by atoms with E-state index in [4.69, 9.17) is 11.5 Å². The van der Waals surface area contributed by atoms with E-state index >= 15 is 0 Å². The Labute approximate surface area is 197 Å². The van der Waals surface area contributed by atoms with Gasteiger partial charge in [-0.3, -0.25) is 14.4 Å². The van der Waals surface area contributed by atoms with Gasteiger partial charge in [-0.25, -0.2) is 0 Å². The average molecular weight is 475 g/mol. The van der Waals surface area contributed by atoms with E-state index < -0.39 is 0 Å². The number of amides is 2. The Kier molecular flexibility index (Phi) is 5.20. The third kappa shape index (κ3) is 4.11. The third-order valence-electron chi connectivity index (χ3n) is 5.34. The summed E-state index contributed by atoms with van der Waals surface area (Å²) in [5.74, 6) is -0.738. The summed E-state index contributed by atoms with van der Waals surface area (Å²) in [5, 5.41) is 8.14. The first-order valence-corrected chi connectivity index (χ1v) is 11.6. The van der Waals surface area contributed by atoms with Crippen LogP contribution in [0.15, 0.2) is 60.7 Å². The number of ketones is 1. The topological polar surface area (TPSA) is 127 Å². The van der Waals surface area contributed by atoms with Gasteiger partial charge in [-0.2, -0.15) is 0 Å². The molecular weight excluding hydrogens is 456 g/mol. The van der Waals surface area contributed by atoms with Crippen LogP contribution in [0.4, 0.5) is 20.0 Å². The first-order chi connectivity index (χ1) is 15.9. The smallest absolute Gasteiger partial charge is 0.256 e. The number of anilines is 4. The number of hydrogen-bond acceptors (Lipinski definition) is 7. The highest BCUT2D eigenvalue weighted by atomic mass is 32.1. The quantitative estimate of drug-likeness (QED) is 0.302. The van der Waals surface area contributed by atoms with Gasteiger partial charge in [-0.05, 0) is 72.1 Å². The zero-order valence-corrected chi connectivity index (χ0v) is 18.8. The number of nitrogens with two attached hydrogens (primary N) is 2. The maximum Gasteiger partial charge on any atom is 0.256 e. The van der Waals surface area contributed by atoms with Gasteiger partial charge in [-0.1, -0.05) is 6.07 Å². The van der Waals surface area contributed by atoms with E-state index in [-0.39, 0.29) is 17.6 Å². The molecule has 9 heteroatoms. The van der Waals surface area contributed by atoms with Crippen molar-refractivity contribution in [3.8, 4) is 0 Å². The monoisotopic (exact) mass is 474 g/mol. The van der Waals surface area contributed by atoms with Crippen molar-refractivity contribution >= 4 is 60.3 Å². The molecule has 2 aromatic carbocycles. The molecule has 0 aliphatic heterocycles. The molecular formula is C24H18N4O3S2. The van der Waals surface area contributed by atoms with Gasteiger partial charge < -0.3 is 22.1 Å². The molecule has 0 saturated carbocycles. The molecule has 0 fully saturated rings. The van der Waals surface area contributed by atoms with E-state index in [0.29, 0.717) is 48.7 Å². The summed E-state index contributed by atoms with van der Waals surface area (Å²) < 4.78 is 0. The number of carbonyl (C=O) groups is 3. The molecule has 1 aliphatic carbocycles. The molecule has 6 N–H and O–H groups in total. The van der Waals surface area contributed by atoms with Gasteiger partial charge in [0.1, 0.15) is 0 Å². The fourth-order valence-corrected chi connectivity index (χ4v) is 5.08. The minimum absolute atomic E-state index is 0.167. The molecule has 4 aromatic rings. The average Bonchev–Trinajstić information content (AvgIpc) is 3.40. The molecule has 33 heavy (non-hydrogen) atoms. The number of carbonyl (C=O) groups excluding carboxylic acids is 3. The van der Waals surface area contributed by atoms with Gasteiger partial charge in [0.15, 0.2) is 5.78 Å². The van der Waals surface area contributed by atoms with Gasteiger partial charge in [0.05, 0.1) is 20.0 Å². The van der Waals surface area contributed by atoms with Crippen LogP contribution in [0, 0.1) is 0 Å². The highest BCUT2D eigenvalue weighted by molar-refractivity contribution is 7.20. The minimum Gasteiger partial charge on any atom is -0.391 e. The van der Waals surface area contributed by atoms with Gasteiger partial charge >= 0.3 is 0 Å². The zero-order valence-electron chi connectivity index (χ0n) is 17.2. The largest absolute Gasteiger partial charge is 0.391 e. The van der Waals surface area contributed by atoms with Crippen LogP contribution in [0.3, 0.4) is 0 Å². The van der Waals surface area contributed by atoms with Crippen molar-refractivity contribution < 1.29 is 14.4 Å². The minimum atomic E-state index is -0.306. The second kappa shape index (κ2) is 8.19. The van der Waals surface area contributed by atoms with Gasteiger partial charge in [-0.15, -0.1) is 22.7 Å². The number of nitrogens with one attached hydrogen (secondary N) is 2. The van der Waals surface area contributed by atoms with Crippen LogP contribution in [0.5, 0.6) is 0 Å². The highest BCUT2D eigenvalue weighted by Crippen LogP contribution is 2.30. The van der Waals surface area contributed by atoms with Crippen molar-refractivity contribution in [2.75, 3.05) is 22.1 Å². The number of nitrogen functional groups attached to an aromatic ring is 2. The lowest BCUT2D eigenvalue weighted by atomic mass is 9.83. The number of thiophene rings is 2. The van der Waals surface area contributed by atoms with Crippen LogP contribution in [0.1, 0.15) is 47.8 Å². The summed E-state index contributed by atoms with van der Waals surface area (Å²) in [6.07, 6.45) is 0.493. The lowest BCUT2D eigenvalue weighted by Crippen LogP contribution is -2.19. The molecule has 0 unspecified atom stereocenters. The summed E-state index contributed by atoms with van der Waals surface area (Å²) in [4.78, 5) is 38.4. The second-order valence-corrected chi connectivity index (χ2v) is 9.79. The molecule has 2 aromatic heterocycles. The Morgan fingerprint density at radius 2 is 1.27 bits per heavy atom. The van der Waals surface area contributed by atoms with Crippen LogP contribution >= 0.6 is 22.7 Å². The summed E-state index contributed by atoms with van der Waals surface area (Å²) >= 11 is 2.57. The van der Waals surface area contributed by atoms with Crippen LogP contribution < -0.4 is 22.1 Å². The number of rotatable bonds is 4. The number of fused-ring (bicyclic) bond motifs is 2. The van der Waals surface area contributed by atoms with Crippen molar-refractivity contribution in [1.82, 2.24) is 0 Å². The van der Waals surface area contributed by atoms with Crippen molar-refractivity contribution in [2.24, 2.45) is 0 Å². The Morgan fingerprint density at radius 1 is 0.697 bits per heavy atom. The lowest BCUT2D eigenvalue weighted by molar-refractivity contribution is 0.101. The summed E-state index contributed by atoms with van der Waals surface area (Å²) in [6.45, 7) is 0. The highest BCUT2D eigenvalue weighted by Gasteiger charge is 2.25. The van der Waals surface area contributed by atoms with E-state index in [2.05, 4.69) is 10.6 Å². The maximum absolute atomic E-state index is 13.2. The fourth-order valence-electron chi connectivity index (χ4n) is 3.74. The molecule has 0 radical (unpaired) electrons.